The smallest absolute Gasteiger partial charge is 0.253 e. The Hall–Kier alpha value is -1.22. The quantitative estimate of drug-likeness (QED) is 0.807. The van der Waals surface area contributed by atoms with Crippen molar-refractivity contribution < 1.29 is 17.6 Å². The van der Waals surface area contributed by atoms with Crippen LogP contribution in [-0.2, 0) is 34.5 Å². The van der Waals surface area contributed by atoms with Gasteiger partial charge in [0.05, 0.1) is 25.4 Å². The largest absolute Gasteiger partial charge is 0.441 e. The molecule has 8 heteroatoms. The van der Waals surface area contributed by atoms with Gasteiger partial charge in [0, 0.05) is 0 Å². The molecule has 3 heterocycles. The second kappa shape index (κ2) is 5.45. The summed E-state index contributed by atoms with van der Waals surface area (Å²) >= 11 is 1.22. The van der Waals surface area contributed by atoms with Gasteiger partial charge >= 0.3 is 0 Å². The summed E-state index contributed by atoms with van der Waals surface area (Å²) in [6.45, 7) is 1.62. The van der Waals surface area contributed by atoms with Crippen molar-refractivity contribution in [3.8, 4) is 0 Å². The Balaban J connectivity index is 1.42. The van der Waals surface area contributed by atoms with Crippen molar-refractivity contribution in [1.29, 1.82) is 0 Å². The van der Waals surface area contributed by atoms with Gasteiger partial charge in [-0.2, -0.15) is 4.31 Å². The molecule has 0 bridgehead atoms. The number of nitrogens with zero attached hydrogens (tertiary/aromatic N) is 2. The first-order chi connectivity index (χ1) is 10.6. The normalized spacial score (nSPS) is 18.7. The van der Waals surface area contributed by atoms with Crippen LogP contribution in [0.2, 0.25) is 0 Å². The lowest BCUT2D eigenvalue weighted by Gasteiger charge is -2.13. The summed E-state index contributed by atoms with van der Waals surface area (Å²) in [4.78, 5) is 4.36. The van der Waals surface area contributed by atoms with Crippen LogP contribution < -0.4 is 0 Å². The highest BCUT2D eigenvalue weighted by molar-refractivity contribution is 7.91. The van der Waals surface area contributed by atoms with Crippen molar-refractivity contribution in [3.05, 3.63) is 34.9 Å². The van der Waals surface area contributed by atoms with Crippen molar-refractivity contribution in [2.24, 2.45) is 5.92 Å². The Labute approximate surface area is 132 Å². The topological polar surface area (TPSA) is 72.6 Å². The molecule has 0 saturated heterocycles. The number of hydrogen-bond donors (Lipinski definition) is 0. The van der Waals surface area contributed by atoms with Gasteiger partial charge in [0.2, 0.25) is 5.89 Å². The molecular weight excluding hydrogens is 324 g/mol. The summed E-state index contributed by atoms with van der Waals surface area (Å²) in [5.74, 6) is 1.87. The molecule has 0 spiro atoms. The number of hydrogen-bond acceptors (Lipinski definition) is 6. The van der Waals surface area contributed by atoms with E-state index in [1.807, 2.05) is 0 Å². The van der Waals surface area contributed by atoms with Gasteiger partial charge in [0.1, 0.15) is 16.6 Å². The van der Waals surface area contributed by atoms with E-state index in [0.717, 1.165) is 6.61 Å². The van der Waals surface area contributed by atoms with E-state index in [2.05, 4.69) is 4.98 Å². The number of sulfonamides is 1. The number of oxazole rings is 1. The van der Waals surface area contributed by atoms with E-state index in [1.165, 1.54) is 28.5 Å². The van der Waals surface area contributed by atoms with Gasteiger partial charge in [0.25, 0.3) is 10.0 Å². The van der Waals surface area contributed by atoms with E-state index in [9.17, 15) is 8.42 Å². The standard InChI is InChI=1S/C14H16N2O4S2/c17-22(18,14-2-1-5-21-14)16-6-11-12(7-16)20-13(15-11)9-19-8-10-3-4-10/h1-2,5,10H,3-4,6-9H2. The van der Waals surface area contributed by atoms with E-state index in [4.69, 9.17) is 9.15 Å². The zero-order chi connectivity index (χ0) is 15.2. The molecule has 1 fully saturated rings. The van der Waals surface area contributed by atoms with Gasteiger partial charge in [-0.05, 0) is 30.2 Å². The van der Waals surface area contributed by atoms with E-state index >= 15 is 0 Å². The molecule has 2 aromatic rings. The van der Waals surface area contributed by atoms with Crippen LogP contribution in [0.3, 0.4) is 0 Å². The van der Waals surface area contributed by atoms with Crippen molar-refractivity contribution in [1.82, 2.24) is 9.29 Å². The van der Waals surface area contributed by atoms with Crippen LogP contribution in [0.25, 0.3) is 0 Å². The third kappa shape index (κ3) is 2.71. The highest BCUT2D eigenvalue weighted by Crippen LogP contribution is 2.31. The number of rotatable bonds is 6. The fourth-order valence-corrected chi connectivity index (χ4v) is 4.94. The molecule has 118 valence electrons. The Kier molecular flexibility index (Phi) is 3.56. The minimum absolute atomic E-state index is 0.241. The molecular formula is C14H16N2O4S2. The van der Waals surface area contributed by atoms with E-state index in [0.29, 0.717) is 34.1 Å². The van der Waals surface area contributed by atoms with Crippen molar-refractivity contribution in [3.63, 3.8) is 0 Å². The second-order valence-electron chi connectivity index (χ2n) is 5.64. The van der Waals surface area contributed by atoms with Crippen LogP contribution in [-0.4, -0.2) is 24.3 Å². The Morgan fingerprint density at radius 3 is 2.95 bits per heavy atom. The van der Waals surface area contributed by atoms with Gasteiger partial charge in [-0.1, -0.05) is 6.07 Å². The number of ether oxygens (including phenoxy) is 1. The molecule has 0 N–H and O–H groups in total. The lowest BCUT2D eigenvalue weighted by atomic mass is 10.4. The minimum Gasteiger partial charge on any atom is -0.441 e. The van der Waals surface area contributed by atoms with Crippen molar-refractivity contribution >= 4 is 21.4 Å². The molecule has 0 unspecified atom stereocenters. The minimum atomic E-state index is -3.45. The first kappa shape index (κ1) is 14.4. The van der Waals surface area contributed by atoms with E-state index in [-0.39, 0.29) is 13.1 Å². The molecule has 0 radical (unpaired) electrons. The van der Waals surface area contributed by atoms with Crippen LogP contribution in [0.4, 0.5) is 0 Å². The summed E-state index contributed by atoms with van der Waals surface area (Å²) in [6, 6.07) is 3.35. The van der Waals surface area contributed by atoms with E-state index < -0.39 is 10.0 Å². The maximum atomic E-state index is 12.4. The average molecular weight is 340 g/mol. The fraction of sp³-hybridized carbons (Fsp3) is 0.500. The zero-order valence-electron chi connectivity index (χ0n) is 11.9. The number of thiophene rings is 1. The molecule has 0 aromatic carbocycles. The van der Waals surface area contributed by atoms with Gasteiger partial charge in [-0.15, -0.1) is 11.3 Å². The first-order valence-electron chi connectivity index (χ1n) is 7.22. The zero-order valence-corrected chi connectivity index (χ0v) is 13.5. The van der Waals surface area contributed by atoms with Crippen LogP contribution in [0.15, 0.2) is 26.1 Å². The number of fused-ring (bicyclic) bond motifs is 1. The van der Waals surface area contributed by atoms with Gasteiger partial charge in [-0.25, -0.2) is 13.4 Å². The highest BCUT2D eigenvalue weighted by atomic mass is 32.2. The maximum Gasteiger partial charge on any atom is 0.253 e. The molecule has 1 aliphatic carbocycles. The predicted molar refractivity (Wildman–Crippen MR) is 79.6 cm³/mol. The molecule has 0 atom stereocenters. The molecule has 22 heavy (non-hydrogen) atoms. The van der Waals surface area contributed by atoms with Gasteiger partial charge < -0.3 is 9.15 Å². The SMILES string of the molecule is O=S(=O)(c1cccs1)N1Cc2nc(COCC3CC3)oc2C1. The summed E-state index contributed by atoms with van der Waals surface area (Å²) in [7, 11) is -3.45. The van der Waals surface area contributed by atoms with Gasteiger partial charge in [0.15, 0.2) is 0 Å². The summed E-state index contributed by atoms with van der Waals surface area (Å²) < 4.78 is 37.8. The van der Waals surface area contributed by atoms with Crippen LogP contribution >= 0.6 is 11.3 Å². The molecule has 0 amide bonds. The summed E-state index contributed by atoms with van der Waals surface area (Å²) in [6.07, 6.45) is 2.50. The molecule has 6 nitrogen and oxygen atoms in total. The lowest BCUT2D eigenvalue weighted by molar-refractivity contribution is 0.0925. The van der Waals surface area contributed by atoms with Gasteiger partial charge in [-0.3, -0.25) is 0 Å². The Morgan fingerprint density at radius 1 is 1.41 bits per heavy atom. The molecule has 1 aliphatic heterocycles. The summed E-state index contributed by atoms with van der Waals surface area (Å²) in [5.41, 5.74) is 0.699. The second-order valence-corrected chi connectivity index (χ2v) is 8.75. The van der Waals surface area contributed by atoms with Crippen LogP contribution in [0.1, 0.15) is 30.2 Å². The molecule has 2 aliphatic rings. The third-order valence-electron chi connectivity index (χ3n) is 3.83. The highest BCUT2D eigenvalue weighted by Gasteiger charge is 2.35. The van der Waals surface area contributed by atoms with E-state index in [1.54, 1.807) is 17.5 Å². The maximum absolute atomic E-state index is 12.4. The third-order valence-corrected chi connectivity index (χ3v) is 7.00. The van der Waals surface area contributed by atoms with Crippen LogP contribution in [0, 0.1) is 5.92 Å². The van der Waals surface area contributed by atoms with Crippen molar-refractivity contribution in [2.75, 3.05) is 6.61 Å². The monoisotopic (exact) mass is 340 g/mol. The molecule has 1 saturated carbocycles. The Bertz CT molecular complexity index is 739. The van der Waals surface area contributed by atoms with Crippen molar-refractivity contribution in [2.45, 2.75) is 36.7 Å². The fourth-order valence-electron chi connectivity index (χ4n) is 2.43. The predicted octanol–water partition coefficient (Wildman–Crippen LogP) is 2.37. The Morgan fingerprint density at radius 2 is 2.27 bits per heavy atom. The average Bonchev–Trinajstić information content (AvgIpc) is 2.92. The first-order valence-corrected chi connectivity index (χ1v) is 9.54. The number of aromatic nitrogens is 1. The summed E-state index contributed by atoms with van der Waals surface area (Å²) in [5, 5.41) is 1.76. The van der Waals surface area contributed by atoms with Crippen LogP contribution in [0.5, 0.6) is 0 Å². The molecule has 4 rings (SSSR count). The molecule has 2 aromatic heterocycles. The lowest BCUT2D eigenvalue weighted by Crippen LogP contribution is -2.25.